The summed E-state index contributed by atoms with van der Waals surface area (Å²) < 4.78 is 0. The first-order valence-corrected chi connectivity index (χ1v) is 7.89. The zero-order valence-corrected chi connectivity index (χ0v) is 13.4. The zero-order valence-electron chi connectivity index (χ0n) is 13.4. The molecule has 4 nitrogen and oxygen atoms in total. The molecule has 2 rings (SSSR count). The molecule has 1 amide bonds. The summed E-state index contributed by atoms with van der Waals surface area (Å²) in [7, 11) is 4.14. The van der Waals surface area contributed by atoms with Crippen LogP contribution in [0.2, 0.25) is 0 Å². The lowest BCUT2D eigenvalue weighted by Gasteiger charge is -2.31. The lowest BCUT2D eigenvalue weighted by atomic mass is 9.89. The van der Waals surface area contributed by atoms with Gasteiger partial charge in [-0.25, -0.2) is 0 Å². The number of nitrogens with zero attached hydrogens (tertiary/aromatic N) is 2. The first-order chi connectivity index (χ1) is 10.1. The Hall–Kier alpha value is -1.55. The summed E-state index contributed by atoms with van der Waals surface area (Å²) in [5.41, 5.74) is 2.27. The number of amides is 1. The van der Waals surface area contributed by atoms with Gasteiger partial charge in [0.1, 0.15) is 0 Å². The molecule has 116 valence electrons. The molecule has 1 aromatic carbocycles. The highest BCUT2D eigenvalue weighted by atomic mass is 16.2. The third kappa shape index (κ3) is 3.97. The van der Waals surface area contributed by atoms with Crippen LogP contribution in [0.3, 0.4) is 0 Å². The summed E-state index contributed by atoms with van der Waals surface area (Å²) >= 11 is 0. The maximum Gasteiger partial charge on any atom is 0.230 e. The maximum absolute atomic E-state index is 12.9. The van der Waals surface area contributed by atoms with E-state index in [4.69, 9.17) is 0 Å². The van der Waals surface area contributed by atoms with E-state index >= 15 is 0 Å². The van der Waals surface area contributed by atoms with Crippen molar-refractivity contribution < 1.29 is 4.79 Å². The second-order valence-corrected chi connectivity index (χ2v) is 5.93. The minimum atomic E-state index is 0.0155. The average molecular weight is 289 g/mol. The van der Waals surface area contributed by atoms with E-state index in [9.17, 15) is 4.79 Å². The van der Waals surface area contributed by atoms with Gasteiger partial charge in [0.15, 0.2) is 0 Å². The number of fused-ring (bicyclic) bond motifs is 1. The Labute approximate surface area is 128 Å². The van der Waals surface area contributed by atoms with Crippen molar-refractivity contribution in [2.45, 2.75) is 25.7 Å². The van der Waals surface area contributed by atoms with Gasteiger partial charge in [-0.2, -0.15) is 0 Å². The van der Waals surface area contributed by atoms with Crippen LogP contribution in [0.15, 0.2) is 24.3 Å². The van der Waals surface area contributed by atoms with Crippen molar-refractivity contribution in [2.75, 3.05) is 45.6 Å². The van der Waals surface area contributed by atoms with E-state index in [2.05, 4.69) is 43.4 Å². The molecular weight excluding hydrogens is 262 g/mol. The van der Waals surface area contributed by atoms with E-state index in [-0.39, 0.29) is 11.8 Å². The van der Waals surface area contributed by atoms with Crippen molar-refractivity contribution >= 4 is 11.6 Å². The number of rotatable bonds is 6. The predicted octanol–water partition coefficient (Wildman–Crippen LogP) is 2.39. The minimum absolute atomic E-state index is 0.0155. The van der Waals surface area contributed by atoms with Gasteiger partial charge in [-0.15, -0.1) is 0 Å². The SMILES string of the molecule is CCN(CCCN(C)C)C(=O)C1CCNc2ccccc21. The Bertz CT molecular complexity index is 473. The molecule has 0 spiro atoms. The van der Waals surface area contributed by atoms with Crippen molar-refractivity contribution in [3.63, 3.8) is 0 Å². The molecule has 1 aliphatic rings. The maximum atomic E-state index is 12.9. The standard InChI is InChI=1S/C17H27N3O/c1-4-20(13-7-12-19(2)3)17(21)15-10-11-18-16-9-6-5-8-14(15)16/h5-6,8-9,15,18H,4,7,10-13H2,1-3H3. The van der Waals surface area contributed by atoms with Crippen LogP contribution in [0, 0.1) is 0 Å². The van der Waals surface area contributed by atoms with Crippen LogP contribution in [0.4, 0.5) is 5.69 Å². The number of carbonyl (C=O) groups excluding carboxylic acids is 1. The lowest BCUT2D eigenvalue weighted by Crippen LogP contribution is -2.38. The van der Waals surface area contributed by atoms with Crippen LogP contribution < -0.4 is 5.32 Å². The van der Waals surface area contributed by atoms with Crippen LogP contribution in [-0.4, -0.2) is 56.0 Å². The van der Waals surface area contributed by atoms with E-state index in [0.29, 0.717) is 0 Å². The fourth-order valence-corrected chi connectivity index (χ4v) is 2.95. The number of nitrogens with one attached hydrogen (secondary N) is 1. The molecule has 0 radical (unpaired) electrons. The fraction of sp³-hybridized carbons (Fsp3) is 0.588. The first kappa shape index (κ1) is 15.8. The van der Waals surface area contributed by atoms with Crippen LogP contribution in [0.5, 0.6) is 0 Å². The van der Waals surface area contributed by atoms with Crippen molar-refractivity contribution in [2.24, 2.45) is 0 Å². The molecule has 4 heteroatoms. The van der Waals surface area contributed by atoms with E-state index < -0.39 is 0 Å². The molecular formula is C17H27N3O. The molecule has 1 aromatic rings. The van der Waals surface area contributed by atoms with Gasteiger partial charge in [0.25, 0.3) is 0 Å². The predicted molar refractivity (Wildman–Crippen MR) is 87.7 cm³/mol. The largest absolute Gasteiger partial charge is 0.385 e. The van der Waals surface area contributed by atoms with Crippen LogP contribution in [0.1, 0.15) is 31.2 Å². The molecule has 0 fully saturated rings. The smallest absolute Gasteiger partial charge is 0.230 e. The number of benzene rings is 1. The van der Waals surface area contributed by atoms with Gasteiger partial charge in [0.2, 0.25) is 5.91 Å². The van der Waals surface area contributed by atoms with Crippen LogP contribution in [0.25, 0.3) is 0 Å². The van der Waals surface area contributed by atoms with Crippen LogP contribution in [-0.2, 0) is 4.79 Å². The van der Waals surface area contributed by atoms with E-state index in [0.717, 1.165) is 50.3 Å². The van der Waals surface area contributed by atoms with E-state index in [1.165, 1.54) is 0 Å². The molecule has 0 aromatic heterocycles. The fourth-order valence-electron chi connectivity index (χ4n) is 2.95. The molecule has 0 saturated carbocycles. The summed E-state index contributed by atoms with van der Waals surface area (Å²) in [6, 6.07) is 8.19. The Balaban J connectivity index is 2.04. The first-order valence-electron chi connectivity index (χ1n) is 7.89. The number of hydrogen-bond donors (Lipinski definition) is 1. The number of carbonyl (C=O) groups is 1. The van der Waals surface area contributed by atoms with Gasteiger partial charge in [-0.05, 0) is 52.0 Å². The molecule has 0 aliphatic carbocycles. The van der Waals surface area contributed by atoms with Crippen molar-refractivity contribution in [1.82, 2.24) is 9.80 Å². The summed E-state index contributed by atoms with van der Waals surface area (Å²) in [4.78, 5) is 17.0. The van der Waals surface area contributed by atoms with E-state index in [1.807, 2.05) is 17.0 Å². The molecule has 1 aliphatic heterocycles. The summed E-state index contributed by atoms with van der Waals surface area (Å²) in [5, 5.41) is 3.39. The van der Waals surface area contributed by atoms with Gasteiger partial charge in [-0.3, -0.25) is 4.79 Å². The third-order valence-electron chi connectivity index (χ3n) is 4.11. The molecule has 1 atom stereocenters. The Morgan fingerprint density at radius 1 is 1.29 bits per heavy atom. The number of likely N-dealkylation sites (N-methyl/N-ethyl adjacent to an activating group) is 1. The average Bonchev–Trinajstić information content (AvgIpc) is 2.50. The summed E-state index contributed by atoms with van der Waals surface area (Å²) in [6.07, 6.45) is 1.92. The molecule has 21 heavy (non-hydrogen) atoms. The Morgan fingerprint density at radius 3 is 2.76 bits per heavy atom. The number of hydrogen-bond acceptors (Lipinski definition) is 3. The number of anilines is 1. The Morgan fingerprint density at radius 2 is 2.05 bits per heavy atom. The highest BCUT2D eigenvalue weighted by Gasteiger charge is 2.28. The quantitative estimate of drug-likeness (QED) is 0.873. The molecule has 1 heterocycles. The monoisotopic (exact) mass is 289 g/mol. The third-order valence-corrected chi connectivity index (χ3v) is 4.11. The van der Waals surface area contributed by atoms with Gasteiger partial charge < -0.3 is 15.1 Å². The molecule has 0 saturated heterocycles. The highest BCUT2D eigenvalue weighted by molar-refractivity contribution is 5.86. The van der Waals surface area contributed by atoms with Crippen molar-refractivity contribution in [3.8, 4) is 0 Å². The van der Waals surface area contributed by atoms with Crippen molar-refractivity contribution in [1.29, 1.82) is 0 Å². The van der Waals surface area contributed by atoms with Gasteiger partial charge in [-0.1, -0.05) is 18.2 Å². The zero-order chi connectivity index (χ0) is 15.2. The lowest BCUT2D eigenvalue weighted by molar-refractivity contribution is -0.132. The topological polar surface area (TPSA) is 35.6 Å². The van der Waals surface area contributed by atoms with E-state index in [1.54, 1.807) is 0 Å². The normalized spacial score (nSPS) is 17.2. The highest BCUT2D eigenvalue weighted by Crippen LogP contribution is 2.32. The summed E-state index contributed by atoms with van der Waals surface area (Å²) in [6.45, 7) is 5.60. The molecule has 1 unspecified atom stereocenters. The molecule has 0 bridgehead atoms. The number of para-hydroxylation sites is 1. The molecule has 1 N–H and O–H groups in total. The second kappa shape index (κ2) is 7.46. The van der Waals surface area contributed by atoms with Gasteiger partial charge in [0.05, 0.1) is 5.92 Å². The van der Waals surface area contributed by atoms with Crippen molar-refractivity contribution in [3.05, 3.63) is 29.8 Å². The Kier molecular flexibility index (Phi) is 5.62. The van der Waals surface area contributed by atoms with Gasteiger partial charge in [0, 0.05) is 25.3 Å². The van der Waals surface area contributed by atoms with Crippen LogP contribution >= 0.6 is 0 Å². The second-order valence-electron chi connectivity index (χ2n) is 5.93. The van der Waals surface area contributed by atoms with Gasteiger partial charge >= 0.3 is 0 Å². The minimum Gasteiger partial charge on any atom is -0.385 e. The summed E-state index contributed by atoms with van der Waals surface area (Å²) in [5.74, 6) is 0.298.